The molecule has 0 N–H and O–H groups in total. The SMILES string of the molecule is Cc1ccc2c(c1)[C@@H]1CN(C(=O)OC(C)(C)C)CCC[C@@H]1N2C. The maximum Gasteiger partial charge on any atom is 0.410 e. The second-order valence-corrected chi connectivity index (χ2v) is 7.92. The van der Waals surface area contributed by atoms with Crippen LogP contribution in [0.1, 0.15) is 50.7 Å². The third-order valence-corrected chi connectivity index (χ3v) is 4.92. The van der Waals surface area contributed by atoms with Gasteiger partial charge in [0.05, 0.1) is 0 Å². The molecule has 23 heavy (non-hydrogen) atoms. The predicted molar refractivity (Wildman–Crippen MR) is 93.2 cm³/mol. The van der Waals surface area contributed by atoms with Crippen LogP contribution < -0.4 is 4.90 Å². The number of ether oxygens (including phenoxy) is 1. The standard InChI is InChI=1S/C19H28N2O2/c1-13-8-9-17-14(11-13)15-12-21(18(22)23-19(2,3)4)10-6-7-16(15)20(17)5/h8-9,11,15-16H,6-7,10,12H2,1-5H3/t15-,16-/m0/s1. The number of amides is 1. The number of nitrogens with zero attached hydrogens (tertiary/aromatic N) is 2. The van der Waals surface area contributed by atoms with Crippen LogP contribution in [0.3, 0.4) is 0 Å². The third-order valence-electron chi connectivity index (χ3n) is 4.92. The Morgan fingerprint density at radius 1 is 1.30 bits per heavy atom. The van der Waals surface area contributed by atoms with E-state index in [0.717, 1.165) is 25.9 Å². The van der Waals surface area contributed by atoms with Crippen molar-refractivity contribution in [1.29, 1.82) is 0 Å². The molecule has 0 aliphatic carbocycles. The highest BCUT2D eigenvalue weighted by atomic mass is 16.6. The Hall–Kier alpha value is -1.71. The van der Waals surface area contributed by atoms with E-state index < -0.39 is 5.60 Å². The van der Waals surface area contributed by atoms with Gasteiger partial charge in [0, 0.05) is 37.8 Å². The highest BCUT2D eigenvalue weighted by Crippen LogP contribution is 2.43. The number of hydrogen-bond acceptors (Lipinski definition) is 3. The molecule has 1 amide bonds. The maximum absolute atomic E-state index is 12.5. The van der Waals surface area contributed by atoms with Crippen molar-refractivity contribution in [3.8, 4) is 0 Å². The molecule has 0 saturated carbocycles. The van der Waals surface area contributed by atoms with E-state index in [1.54, 1.807) is 0 Å². The molecule has 2 aliphatic heterocycles. The number of carbonyl (C=O) groups excluding carboxylic acids is 1. The first-order chi connectivity index (χ1) is 10.8. The van der Waals surface area contributed by atoms with Crippen molar-refractivity contribution < 1.29 is 9.53 Å². The lowest BCUT2D eigenvalue weighted by Gasteiger charge is -2.29. The van der Waals surface area contributed by atoms with Gasteiger partial charge in [-0.05, 0) is 52.2 Å². The van der Waals surface area contributed by atoms with Gasteiger partial charge in [-0.2, -0.15) is 0 Å². The number of hydrogen-bond donors (Lipinski definition) is 0. The lowest BCUT2D eigenvalue weighted by atomic mass is 9.92. The number of likely N-dealkylation sites (N-methyl/N-ethyl adjacent to an activating group) is 1. The third kappa shape index (κ3) is 3.17. The number of carbonyl (C=O) groups is 1. The molecule has 2 aliphatic rings. The zero-order valence-electron chi connectivity index (χ0n) is 14.9. The monoisotopic (exact) mass is 316 g/mol. The number of likely N-dealkylation sites (tertiary alicyclic amines) is 1. The fourth-order valence-corrected chi connectivity index (χ4v) is 3.88. The summed E-state index contributed by atoms with van der Waals surface area (Å²) in [6.07, 6.45) is 1.97. The molecule has 3 rings (SSSR count). The molecule has 1 aromatic rings. The molecule has 4 nitrogen and oxygen atoms in total. The minimum atomic E-state index is -0.441. The molecule has 126 valence electrons. The molecule has 4 heteroatoms. The van der Waals surface area contributed by atoms with Crippen molar-refractivity contribution in [3.05, 3.63) is 29.3 Å². The van der Waals surface area contributed by atoms with Gasteiger partial charge >= 0.3 is 6.09 Å². The van der Waals surface area contributed by atoms with Crippen LogP contribution in [0.2, 0.25) is 0 Å². The van der Waals surface area contributed by atoms with Crippen molar-refractivity contribution in [2.75, 3.05) is 25.0 Å². The average Bonchev–Trinajstić information content (AvgIpc) is 2.63. The lowest BCUT2D eigenvalue weighted by Crippen LogP contribution is -2.40. The van der Waals surface area contributed by atoms with Gasteiger partial charge < -0.3 is 14.5 Å². The second kappa shape index (κ2) is 5.73. The van der Waals surface area contributed by atoms with Crippen molar-refractivity contribution in [3.63, 3.8) is 0 Å². The summed E-state index contributed by atoms with van der Waals surface area (Å²) in [6.45, 7) is 9.45. The van der Waals surface area contributed by atoms with Gasteiger partial charge in [0.1, 0.15) is 5.60 Å². The largest absolute Gasteiger partial charge is 0.444 e. The molecule has 0 unspecified atom stereocenters. The van der Waals surface area contributed by atoms with Crippen LogP contribution in [0.15, 0.2) is 18.2 Å². The molecule has 0 radical (unpaired) electrons. The summed E-state index contributed by atoms with van der Waals surface area (Å²) in [5.41, 5.74) is 3.54. The Morgan fingerprint density at radius 3 is 2.74 bits per heavy atom. The molecule has 1 fully saturated rings. The molecule has 0 aromatic heterocycles. The first-order valence-electron chi connectivity index (χ1n) is 8.57. The summed E-state index contributed by atoms with van der Waals surface area (Å²) in [6, 6.07) is 7.16. The predicted octanol–water partition coefficient (Wildman–Crippen LogP) is 3.93. The van der Waals surface area contributed by atoms with E-state index in [1.165, 1.54) is 16.8 Å². The Balaban J connectivity index is 1.85. The average molecular weight is 316 g/mol. The Labute approximate surface area is 139 Å². The number of rotatable bonds is 0. The minimum absolute atomic E-state index is 0.179. The summed E-state index contributed by atoms with van der Waals surface area (Å²) in [5.74, 6) is 0.380. The summed E-state index contributed by atoms with van der Waals surface area (Å²) in [4.78, 5) is 16.8. The normalized spacial score (nSPS) is 24.0. The molecule has 0 bridgehead atoms. The molecular formula is C19H28N2O2. The first-order valence-corrected chi connectivity index (χ1v) is 8.57. The van der Waals surface area contributed by atoms with E-state index in [4.69, 9.17) is 4.74 Å². The van der Waals surface area contributed by atoms with E-state index in [-0.39, 0.29) is 6.09 Å². The quantitative estimate of drug-likeness (QED) is 0.727. The highest BCUT2D eigenvalue weighted by molar-refractivity contribution is 5.69. The molecule has 1 aromatic carbocycles. The van der Waals surface area contributed by atoms with Gasteiger partial charge in [-0.25, -0.2) is 4.79 Å². The number of fused-ring (bicyclic) bond motifs is 3. The van der Waals surface area contributed by atoms with Gasteiger partial charge in [-0.1, -0.05) is 17.7 Å². The van der Waals surface area contributed by atoms with Gasteiger partial charge in [-0.15, -0.1) is 0 Å². The maximum atomic E-state index is 12.5. The summed E-state index contributed by atoms with van der Waals surface area (Å²) in [7, 11) is 2.18. The van der Waals surface area contributed by atoms with Gasteiger partial charge in [0.15, 0.2) is 0 Å². The summed E-state index contributed by atoms with van der Waals surface area (Å²) < 4.78 is 5.59. The van der Waals surface area contributed by atoms with E-state index in [1.807, 2.05) is 25.7 Å². The van der Waals surface area contributed by atoms with Crippen LogP contribution in [0.25, 0.3) is 0 Å². The fraction of sp³-hybridized carbons (Fsp3) is 0.632. The van der Waals surface area contributed by atoms with Crippen molar-refractivity contribution in [2.45, 2.75) is 58.1 Å². The Bertz CT molecular complexity index is 606. The van der Waals surface area contributed by atoms with Crippen molar-refractivity contribution in [1.82, 2.24) is 4.90 Å². The zero-order valence-corrected chi connectivity index (χ0v) is 14.9. The van der Waals surface area contributed by atoms with E-state index in [9.17, 15) is 4.79 Å². The second-order valence-electron chi connectivity index (χ2n) is 7.92. The van der Waals surface area contributed by atoms with Crippen molar-refractivity contribution in [2.24, 2.45) is 0 Å². The van der Waals surface area contributed by atoms with Crippen LogP contribution in [0.4, 0.5) is 10.5 Å². The lowest BCUT2D eigenvalue weighted by molar-refractivity contribution is 0.0249. The number of aryl methyl sites for hydroxylation is 1. The zero-order chi connectivity index (χ0) is 16.8. The minimum Gasteiger partial charge on any atom is -0.444 e. The molecule has 0 spiro atoms. The molecule has 2 atom stereocenters. The summed E-state index contributed by atoms with van der Waals surface area (Å²) >= 11 is 0. The van der Waals surface area contributed by atoms with Gasteiger partial charge in [0.2, 0.25) is 0 Å². The van der Waals surface area contributed by atoms with Crippen LogP contribution in [-0.2, 0) is 4.74 Å². The van der Waals surface area contributed by atoms with Crippen LogP contribution >= 0.6 is 0 Å². The van der Waals surface area contributed by atoms with Crippen LogP contribution in [0, 0.1) is 6.92 Å². The van der Waals surface area contributed by atoms with E-state index in [2.05, 4.69) is 37.1 Å². The van der Waals surface area contributed by atoms with Crippen molar-refractivity contribution >= 4 is 11.8 Å². The highest BCUT2D eigenvalue weighted by Gasteiger charge is 2.40. The molecular weight excluding hydrogens is 288 g/mol. The van der Waals surface area contributed by atoms with E-state index >= 15 is 0 Å². The number of benzene rings is 1. The first kappa shape index (κ1) is 16.2. The topological polar surface area (TPSA) is 32.8 Å². The number of anilines is 1. The van der Waals surface area contributed by atoms with E-state index in [0.29, 0.717) is 12.0 Å². The van der Waals surface area contributed by atoms with Gasteiger partial charge in [-0.3, -0.25) is 0 Å². The summed E-state index contributed by atoms with van der Waals surface area (Å²) in [5, 5.41) is 0. The van der Waals surface area contributed by atoms with Crippen LogP contribution in [0.5, 0.6) is 0 Å². The smallest absolute Gasteiger partial charge is 0.410 e. The molecule has 1 saturated heterocycles. The fourth-order valence-electron chi connectivity index (χ4n) is 3.88. The molecule has 2 heterocycles. The van der Waals surface area contributed by atoms with Gasteiger partial charge in [0.25, 0.3) is 0 Å². The Morgan fingerprint density at radius 2 is 2.04 bits per heavy atom. The van der Waals surface area contributed by atoms with Crippen LogP contribution in [-0.4, -0.2) is 42.8 Å². The Kier molecular flexibility index (Phi) is 4.03.